The molecule has 0 aromatic heterocycles. The number of rotatable bonds is 4. The molecule has 0 bridgehead atoms. The first-order chi connectivity index (χ1) is 8.10. The second-order valence-electron chi connectivity index (χ2n) is 3.48. The second-order valence-corrected chi connectivity index (χ2v) is 3.48. The minimum atomic E-state index is -0.563. The van der Waals surface area contributed by atoms with E-state index in [1.165, 1.54) is 12.1 Å². The number of nitrogens with zero attached hydrogens (tertiary/aromatic N) is 1. The maximum Gasteiger partial charge on any atom is 0.255 e. The molecule has 0 aliphatic rings. The molecule has 5 N–H and O–H groups in total. The largest absolute Gasteiger partial charge is 0.507 e. The van der Waals surface area contributed by atoms with Crippen molar-refractivity contribution in [3.63, 3.8) is 0 Å². The maximum atomic E-state index is 11.8. The fourth-order valence-corrected chi connectivity index (χ4v) is 1.36. The summed E-state index contributed by atoms with van der Waals surface area (Å²) in [6, 6.07) is 5.60. The van der Waals surface area contributed by atoms with E-state index in [2.05, 4.69) is 10.5 Å². The van der Waals surface area contributed by atoms with E-state index >= 15 is 0 Å². The van der Waals surface area contributed by atoms with Crippen LogP contribution < -0.4 is 11.1 Å². The van der Waals surface area contributed by atoms with Gasteiger partial charge in [-0.1, -0.05) is 24.2 Å². The molecule has 0 heterocycles. The van der Waals surface area contributed by atoms with Crippen LogP contribution >= 0.6 is 0 Å². The SMILES string of the molecule is CCC(NC(=O)c1ccccc1O)/C(N)=N/O. The number of phenolic OH excluding ortho intramolecular Hbond substituents is 1. The number of nitrogens with two attached hydrogens (primary N) is 1. The monoisotopic (exact) mass is 237 g/mol. The van der Waals surface area contributed by atoms with Crippen molar-refractivity contribution in [3.05, 3.63) is 29.8 Å². The second kappa shape index (κ2) is 5.74. The number of hydrogen-bond acceptors (Lipinski definition) is 4. The maximum absolute atomic E-state index is 11.8. The Morgan fingerprint density at radius 1 is 1.53 bits per heavy atom. The number of benzene rings is 1. The molecule has 0 fully saturated rings. The lowest BCUT2D eigenvalue weighted by molar-refractivity contribution is 0.0943. The van der Waals surface area contributed by atoms with E-state index in [1.54, 1.807) is 19.1 Å². The standard InChI is InChI=1S/C11H15N3O3/c1-2-8(10(12)14-17)13-11(16)7-5-3-4-6-9(7)15/h3-6,8,15,17H,2H2,1H3,(H2,12,14)(H,13,16). The summed E-state index contributed by atoms with van der Waals surface area (Å²) >= 11 is 0. The van der Waals surface area contributed by atoms with Crippen molar-refractivity contribution in [1.82, 2.24) is 5.32 Å². The third-order valence-corrected chi connectivity index (χ3v) is 2.33. The van der Waals surface area contributed by atoms with E-state index in [4.69, 9.17) is 10.9 Å². The van der Waals surface area contributed by atoms with Gasteiger partial charge in [0.2, 0.25) is 0 Å². The topological polar surface area (TPSA) is 108 Å². The van der Waals surface area contributed by atoms with Crippen LogP contribution in [0.25, 0.3) is 0 Å². The minimum absolute atomic E-state index is 0.0729. The van der Waals surface area contributed by atoms with Crippen molar-refractivity contribution < 1.29 is 15.1 Å². The Kier molecular flexibility index (Phi) is 4.33. The molecule has 0 aliphatic heterocycles. The van der Waals surface area contributed by atoms with Gasteiger partial charge in [0, 0.05) is 0 Å². The molecule has 1 unspecified atom stereocenters. The molecule has 17 heavy (non-hydrogen) atoms. The number of hydrogen-bond donors (Lipinski definition) is 4. The van der Waals surface area contributed by atoms with E-state index in [0.29, 0.717) is 6.42 Å². The Morgan fingerprint density at radius 2 is 2.18 bits per heavy atom. The Morgan fingerprint density at radius 3 is 2.71 bits per heavy atom. The van der Waals surface area contributed by atoms with Crippen LogP contribution in [0.2, 0.25) is 0 Å². The average Bonchev–Trinajstić information content (AvgIpc) is 2.35. The molecule has 1 atom stereocenters. The third kappa shape index (κ3) is 3.10. The molecule has 6 heteroatoms. The van der Waals surface area contributed by atoms with E-state index in [1.807, 2.05) is 0 Å². The van der Waals surface area contributed by atoms with Gasteiger partial charge in [-0.2, -0.15) is 0 Å². The van der Waals surface area contributed by atoms with Crippen LogP contribution in [0.1, 0.15) is 23.7 Å². The summed E-state index contributed by atoms with van der Waals surface area (Å²) in [6.45, 7) is 1.79. The van der Waals surface area contributed by atoms with Crippen LogP contribution in [0.4, 0.5) is 0 Å². The first-order valence-corrected chi connectivity index (χ1v) is 5.16. The van der Waals surface area contributed by atoms with Crippen molar-refractivity contribution in [3.8, 4) is 5.75 Å². The Hall–Kier alpha value is -2.24. The molecule has 1 rings (SSSR count). The molecule has 1 aromatic carbocycles. The van der Waals surface area contributed by atoms with Crippen LogP contribution in [-0.4, -0.2) is 28.1 Å². The van der Waals surface area contributed by atoms with Crippen molar-refractivity contribution in [2.45, 2.75) is 19.4 Å². The summed E-state index contributed by atoms with van der Waals surface area (Å²) in [6.07, 6.45) is 0.481. The first-order valence-electron chi connectivity index (χ1n) is 5.16. The van der Waals surface area contributed by atoms with Gasteiger partial charge in [-0.3, -0.25) is 4.79 Å². The van der Waals surface area contributed by atoms with Crippen molar-refractivity contribution >= 4 is 11.7 Å². The summed E-state index contributed by atoms with van der Waals surface area (Å²) < 4.78 is 0. The molecule has 1 aromatic rings. The molecule has 0 spiro atoms. The average molecular weight is 237 g/mol. The van der Waals surface area contributed by atoms with Gasteiger partial charge in [-0.05, 0) is 18.6 Å². The Balaban J connectivity index is 2.82. The summed E-state index contributed by atoms with van der Waals surface area (Å²) in [5, 5.41) is 23.4. The fraction of sp³-hybridized carbons (Fsp3) is 0.273. The smallest absolute Gasteiger partial charge is 0.255 e. The zero-order valence-corrected chi connectivity index (χ0v) is 9.42. The predicted octanol–water partition coefficient (Wildman–Crippen LogP) is 0.647. The molecule has 0 radical (unpaired) electrons. The number of amidine groups is 1. The van der Waals surface area contributed by atoms with Gasteiger partial charge in [-0.25, -0.2) is 0 Å². The lowest BCUT2D eigenvalue weighted by Crippen LogP contribution is -2.44. The van der Waals surface area contributed by atoms with Crippen molar-refractivity contribution in [2.24, 2.45) is 10.9 Å². The summed E-state index contributed by atoms with van der Waals surface area (Å²) in [7, 11) is 0. The van der Waals surface area contributed by atoms with E-state index < -0.39 is 11.9 Å². The highest BCUT2D eigenvalue weighted by atomic mass is 16.4. The highest BCUT2D eigenvalue weighted by molar-refractivity contribution is 6.00. The van der Waals surface area contributed by atoms with Gasteiger partial charge in [0.05, 0.1) is 11.6 Å². The lowest BCUT2D eigenvalue weighted by Gasteiger charge is -2.15. The summed E-state index contributed by atoms with van der Waals surface area (Å²) in [5.74, 6) is -0.655. The van der Waals surface area contributed by atoms with E-state index in [0.717, 1.165) is 0 Å². The normalized spacial score (nSPS) is 13.1. The van der Waals surface area contributed by atoms with Crippen LogP contribution in [-0.2, 0) is 0 Å². The molecule has 0 saturated carbocycles. The Bertz CT molecular complexity index is 432. The zero-order chi connectivity index (χ0) is 12.8. The predicted molar refractivity (Wildman–Crippen MR) is 63.1 cm³/mol. The van der Waals surface area contributed by atoms with Gasteiger partial charge in [-0.15, -0.1) is 0 Å². The van der Waals surface area contributed by atoms with Crippen LogP contribution in [0.3, 0.4) is 0 Å². The highest BCUT2D eigenvalue weighted by Gasteiger charge is 2.17. The number of carbonyl (C=O) groups is 1. The van der Waals surface area contributed by atoms with Crippen LogP contribution in [0.15, 0.2) is 29.4 Å². The molecule has 92 valence electrons. The van der Waals surface area contributed by atoms with Crippen LogP contribution in [0.5, 0.6) is 5.75 Å². The molecular weight excluding hydrogens is 222 g/mol. The number of para-hydroxylation sites is 1. The molecular formula is C11H15N3O3. The van der Waals surface area contributed by atoms with Crippen LogP contribution in [0, 0.1) is 0 Å². The van der Waals surface area contributed by atoms with Gasteiger partial charge < -0.3 is 21.4 Å². The Labute approximate surface area is 98.7 Å². The number of nitrogens with one attached hydrogen (secondary N) is 1. The third-order valence-electron chi connectivity index (χ3n) is 2.33. The van der Waals surface area contributed by atoms with E-state index in [-0.39, 0.29) is 17.1 Å². The molecule has 0 aliphatic carbocycles. The number of aromatic hydroxyl groups is 1. The van der Waals surface area contributed by atoms with E-state index in [9.17, 15) is 9.90 Å². The van der Waals surface area contributed by atoms with Crippen molar-refractivity contribution in [1.29, 1.82) is 0 Å². The minimum Gasteiger partial charge on any atom is -0.507 e. The van der Waals surface area contributed by atoms with Crippen molar-refractivity contribution in [2.75, 3.05) is 0 Å². The van der Waals surface area contributed by atoms with Gasteiger partial charge in [0.1, 0.15) is 5.75 Å². The highest BCUT2D eigenvalue weighted by Crippen LogP contribution is 2.15. The van der Waals surface area contributed by atoms with Gasteiger partial charge in [0.15, 0.2) is 5.84 Å². The van der Waals surface area contributed by atoms with Gasteiger partial charge in [0.25, 0.3) is 5.91 Å². The number of amides is 1. The lowest BCUT2D eigenvalue weighted by atomic mass is 10.1. The first kappa shape index (κ1) is 12.8. The number of oxime groups is 1. The number of carbonyl (C=O) groups excluding carboxylic acids is 1. The fourth-order valence-electron chi connectivity index (χ4n) is 1.36. The zero-order valence-electron chi connectivity index (χ0n) is 9.42. The van der Waals surface area contributed by atoms with Gasteiger partial charge >= 0.3 is 0 Å². The molecule has 6 nitrogen and oxygen atoms in total. The summed E-state index contributed by atoms with van der Waals surface area (Å²) in [4.78, 5) is 11.8. The number of phenols is 1. The summed E-state index contributed by atoms with van der Waals surface area (Å²) in [5.41, 5.74) is 5.56. The molecule has 1 amide bonds. The quantitative estimate of drug-likeness (QED) is 0.267. The molecule has 0 saturated heterocycles.